The maximum Gasteiger partial charge on any atom is 0.229 e. The van der Waals surface area contributed by atoms with Crippen LogP contribution in [0.4, 0.5) is 17.5 Å². The average molecular weight is 372 g/mol. The number of aryl methyl sites for hydroxylation is 2. The minimum absolute atomic E-state index is 0.723. The van der Waals surface area contributed by atoms with Crippen LogP contribution in [0.3, 0.4) is 0 Å². The molecule has 4 rings (SSSR count). The first kappa shape index (κ1) is 17.1. The van der Waals surface area contributed by atoms with Gasteiger partial charge in [-0.05, 0) is 37.7 Å². The minimum Gasteiger partial charge on any atom is -0.339 e. The van der Waals surface area contributed by atoms with Crippen LogP contribution in [0.5, 0.6) is 0 Å². The first-order valence-corrected chi connectivity index (χ1v) is 9.05. The summed E-state index contributed by atoms with van der Waals surface area (Å²) in [7, 11) is 4.04. The smallest absolute Gasteiger partial charge is 0.229 e. The van der Waals surface area contributed by atoms with Gasteiger partial charge in [-0.3, -0.25) is 4.68 Å². The number of halogens is 1. The molecule has 8 heteroatoms. The molecule has 3 aromatic rings. The molecule has 0 radical (unpaired) electrons. The van der Waals surface area contributed by atoms with Crippen LogP contribution < -0.4 is 10.2 Å². The molecule has 0 bridgehead atoms. The number of anilines is 3. The second-order valence-electron chi connectivity index (χ2n) is 6.75. The highest BCUT2D eigenvalue weighted by Crippen LogP contribution is 2.28. The third kappa shape index (κ3) is 3.20. The molecule has 1 aliphatic heterocycles. The predicted octanol–water partition coefficient (Wildman–Crippen LogP) is 2.82. The number of rotatable bonds is 3. The molecule has 1 aromatic carbocycles. The van der Waals surface area contributed by atoms with Crippen molar-refractivity contribution in [2.45, 2.75) is 6.92 Å². The summed E-state index contributed by atoms with van der Waals surface area (Å²) < 4.78 is 1.79. The zero-order chi connectivity index (χ0) is 18.3. The number of likely N-dealkylation sites (N-methyl/N-ethyl adjacent to an activating group) is 1. The van der Waals surface area contributed by atoms with Crippen molar-refractivity contribution in [1.29, 1.82) is 0 Å². The molecular weight excluding hydrogens is 350 g/mol. The maximum absolute atomic E-state index is 6.08. The van der Waals surface area contributed by atoms with Crippen molar-refractivity contribution in [3.63, 3.8) is 0 Å². The van der Waals surface area contributed by atoms with E-state index in [1.54, 1.807) is 10.9 Å². The fourth-order valence-corrected chi connectivity index (χ4v) is 3.38. The molecule has 136 valence electrons. The molecule has 1 aliphatic rings. The van der Waals surface area contributed by atoms with Gasteiger partial charge in [0.15, 0.2) is 5.65 Å². The van der Waals surface area contributed by atoms with Crippen molar-refractivity contribution in [2.75, 3.05) is 43.4 Å². The fourth-order valence-electron chi connectivity index (χ4n) is 3.15. The molecule has 1 N–H and O–H groups in total. The molecule has 3 heterocycles. The Bertz CT molecular complexity index is 944. The zero-order valence-corrected chi connectivity index (χ0v) is 16.0. The van der Waals surface area contributed by atoms with Crippen LogP contribution in [-0.2, 0) is 7.05 Å². The van der Waals surface area contributed by atoms with Crippen molar-refractivity contribution in [1.82, 2.24) is 24.6 Å². The van der Waals surface area contributed by atoms with Gasteiger partial charge in [0.05, 0.1) is 11.6 Å². The number of aromatic nitrogens is 4. The Morgan fingerprint density at radius 2 is 1.85 bits per heavy atom. The number of nitrogens with zero attached hydrogens (tertiary/aromatic N) is 6. The van der Waals surface area contributed by atoms with Crippen LogP contribution >= 0.6 is 11.6 Å². The van der Waals surface area contributed by atoms with E-state index < -0.39 is 0 Å². The molecule has 0 unspecified atom stereocenters. The van der Waals surface area contributed by atoms with Crippen molar-refractivity contribution in [3.05, 3.63) is 35.0 Å². The summed E-state index contributed by atoms with van der Waals surface area (Å²) in [5.74, 6) is 1.51. The van der Waals surface area contributed by atoms with Crippen molar-refractivity contribution in [3.8, 4) is 0 Å². The molecule has 1 saturated heterocycles. The molecular formula is C18H22ClN7. The highest BCUT2D eigenvalue weighted by atomic mass is 35.5. The summed E-state index contributed by atoms with van der Waals surface area (Å²) in [6, 6.07) is 5.78. The predicted molar refractivity (Wildman–Crippen MR) is 105 cm³/mol. The van der Waals surface area contributed by atoms with Gasteiger partial charge >= 0.3 is 0 Å². The molecule has 0 atom stereocenters. The molecule has 7 nitrogen and oxygen atoms in total. The number of hydrogen-bond acceptors (Lipinski definition) is 6. The molecule has 26 heavy (non-hydrogen) atoms. The van der Waals surface area contributed by atoms with Crippen LogP contribution in [0.15, 0.2) is 24.4 Å². The molecule has 1 fully saturated rings. The van der Waals surface area contributed by atoms with Crippen LogP contribution in [0.1, 0.15) is 5.56 Å². The largest absolute Gasteiger partial charge is 0.339 e. The third-order valence-electron chi connectivity index (χ3n) is 4.81. The van der Waals surface area contributed by atoms with Crippen molar-refractivity contribution >= 4 is 40.1 Å². The molecule has 0 amide bonds. The highest BCUT2D eigenvalue weighted by Gasteiger charge is 2.20. The number of hydrogen-bond donors (Lipinski definition) is 1. The third-order valence-corrected chi connectivity index (χ3v) is 5.04. The van der Waals surface area contributed by atoms with Gasteiger partial charge in [0, 0.05) is 43.9 Å². The lowest BCUT2D eigenvalue weighted by Crippen LogP contribution is -2.45. The number of benzene rings is 1. The van der Waals surface area contributed by atoms with Gasteiger partial charge in [0.1, 0.15) is 5.82 Å². The first-order chi connectivity index (χ1) is 12.5. The van der Waals surface area contributed by atoms with E-state index in [1.807, 2.05) is 32.2 Å². The van der Waals surface area contributed by atoms with Gasteiger partial charge in [-0.15, -0.1) is 0 Å². The summed E-state index contributed by atoms with van der Waals surface area (Å²) in [5.41, 5.74) is 2.86. The van der Waals surface area contributed by atoms with Gasteiger partial charge in [0.2, 0.25) is 5.95 Å². The topological polar surface area (TPSA) is 62.1 Å². The van der Waals surface area contributed by atoms with Crippen molar-refractivity contribution < 1.29 is 0 Å². The number of fused-ring (bicyclic) bond motifs is 1. The molecule has 0 aliphatic carbocycles. The van der Waals surface area contributed by atoms with Crippen LogP contribution in [0, 0.1) is 6.92 Å². The highest BCUT2D eigenvalue weighted by molar-refractivity contribution is 6.30. The Balaban J connectivity index is 1.75. The van der Waals surface area contributed by atoms with E-state index >= 15 is 0 Å². The molecule has 0 saturated carbocycles. The monoisotopic (exact) mass is 371 g/mol. The Morgan fingerprint density at radius 1 is 1.08 bits per heavy atom. The Labute approximate surface area is 157 Å². The van der Waals surface area contributed by atoms with E-state index in [2.05, 4.69) is 27.3 Å². The SMILES string of the molecule is Cc1cc(Cl)ccc1Nc1nc(N2CCN(C)CC2)nc2c1cnn2C. The summed E-state index contributed by atoms with van der Waals surface area (Å²) >= 11 is 6.08. The number of piperazine rings is 1. The lowest BCUT2D eigenvalue weighted by molar-refractivity contribution is 0.311. The maximum atomic E-state index is 6.08. The van der Waals surface area contributed by atoms with Gasteiger partial charge in [0.25, 0.3) is 0 Å². The second-order valence-corrected chi connectivity index (χ2v) is 7.19. The number of nitrogens with one attached hydrogen (secondary N) is 1. The van der Waals surface area contributed by atoms with E-state index in [4.69, 9.17) is 21.6 Å². The molecule has 2 aromatic heterocycles. The van der Waals surface area contributed by atoms with Gasteiger partial charge < -0.3 is 15.1 Å². The van der Waals surface area contributed by atoms with Gasteiger partial charge in [-0.1, -0.05) is 11.6 Å². The van der Waals surface area contributed by atoms with Crippen LogP contribution in [0.2, 0.25) is 5.02 Å². The first-order valence-electron chi connectivity index (χ1n) is 8.67. The van der Waals surface area contributed by atoms with E-state index in [1.165, 1.54) is 0 Å². The normalized spacial score (nSPS) is 15.6. The lowest BCUT2D eigenvalue weighted by Gasteiger charge is -2.32. The van der Waals surface area contributed by atoms with Gasteiger partial charge in [-0.2, -0.15) is 15.1 Å². The van der Waals surface area contributed by atoms with Crippen LogP contribution in [-0.4, -0.2) is 57.9 Å². The molecule has 0 spiro atoms. The van der Waals surface area contributed by atoms with E-state index in [9.17, 15) is 0 Å². The van der Waals surface area contributed by atoms with E-state index in [0.29, 0.717) is 0 Å². The van der Waals surface area contributed by atoms with Crippen LogP contribution in [0.25, 0.3) is 11.0 Å². The summed E-state index contributed by atoms with van der Waals surface area (Å²) in [5, 5.41) is 9.43. The Hall–Kier alpha value is -2.38. The van der Waals surface area contributed by atoms with Gasteiger partial charge in [-0.25, -0.2) is 0 Å². The Kier molecular flexibility index (Phi) is 4.42. The summed E-state index contributed by atoms with van der Waals surface area (Å²) in [6.45, 7) is 5.87. The average Bonchev–Trinajstić information content (AvgIpc) is 2.99. The summed E-state index contributed by atoms with van der Waals surface area (Å²) in [4.78, 5) is 14.1. The zero-order valence-electron chi connectivity index (χ0n) is 15.2. The van der Waals surface area contributed by atoms with Crippen molar-refractivity contribution in [2.24, 2.45) is 7.05 Å². The lowest BCUT2D eigenvalue weighted by atomic mass is 10.2. The summed E-state index contributed by atoms with van der Waals surface area (Å²) in [6.07, 6.45) is 1.80. The standard InChI is InChI=1S/C18H22ClN7/c1-12-10-13(19)4-5-15(12)21-16-14-11-20-25(3)17(14)23-18(22-16)26-8-6-24(2)7-9-26/h4-5,10-11H,6-9H2,1-3H3,(H,21,22,23). The minimum atomic E-state index is 0.723. The Morgan fingerprint density at radius 3 is 2.58 bits per heavy atom. The van der Waals surface area contributed by atoms with E-state index in [0.717, 1.165) is 65.3 Å². The fraction of sp³-hybridized carbons (Fsp3) is 0.389. The second kappa shape index (κ2) is 6.74. The van der Waals surface area contributed by atoms with E-state index in [-0.39, 0.29) is 0 Å². The quantitative estimate of drug-likeness (QED) is 0.763.